The monoisotopic (exact) mass is 216 g/mol. The van der Waals surface area contributed by atoms with E-state index in [0.29, 0.717) is 13.2 Å². The molecule has 1 aromatic rings. The van der Waals surface area contributed by atoms with Gasteiger partial charge in [0.1, 0.15) is 13.2 Å². The first kappa shape index (κ1) is 9.03. The van der Waals surface area contributed by atoms with Crippen LogP contribution in [-0.4, -0.2) is 19.5 Å². The fourth-order valence-corrected chi connectivity index (χ4v) is 2.24. The topological polar surface area (TPSA) is 18.5 Å². The minimum atomic E-state index is 0.598. The van der Waals surface area contributed by atoms with Crippen LogP contribution in [0.2, 0.25) is 5.02 Å². The number of ether oxygens (including phenoxy) is 2. The maximum atomic E-state index is 6.00. The van der Waals surface area contributed by atoms with Crippen molar-refractivity contribution in [2.24, 2.45) is 0 Å². The van der Waals surface area contributed by atoms with Crippen molar-refractivity contribution in [2.45, 2.75) is 4.90 Å². The van der Waals surface area contributed by atoms with Crippen LogP contribution in [0.15, 0.2) is 17.0 Å². The lowest BCUT2D eigenvalue weighted by Crippen LogP contribution is -2.15. The van der Waals surface area contributed by atoms with Crippen LogP contribution in [0.1, 0.15) is 0 Å². The lowest BCUT2D eigenvalue weighted by atomic mass is 10.3. The molecule has 70 valence electrons. The first-order chi connectivity index (χ1) is 6.33. The van der Waals surface area contributed by atoms with Crippen molar-refractivity contribution in [1.82, 2.24) is 0 Å². The van der Waals surface area contributed by atoms with Crippen LogP contribution in [-0.2, 0) is 0 Å². The molecule has 13 heavy (non-hydrogen) atoms. The van der Waals surface area contributed by atoms with E-state index in [1.165, 1.54) is 0 Å². The van der Waals surface area contributed by atoms with Gasteiger partial charge in [0.25, 0.3) is 0 Å². The molecular formula is C9H9ClO2S. The Balaban J connectivity index is 2.52. The van der Waals surface area contributed by atoms with Crippen molar-refractivity contribution < 1.29 is 9.47 Å². The van der Waals surface area contributed by atoms with Gasteiger partial charge in [-0.15, -0.1) is 11.8 Å². The average molecular weight is 217 g/mol. The van der Waals surface area contributed by atoms with Crippen molar-refractivity contribution in [3.63, 3.8) is 0 Å². The normalized spacial score (nSPS) is 14.3. The van der Waals surface area contributed by atoms with E-state index in [1.54, 1.807) is 11.8 Å². The van der Waals surface area contributed by atoms with Crippen LogP contribution >= 0.6 is 23.4 Å². The van der Waals surface area contributed by atoms with Crippen LogP contribution in [0.5, 0.6) is 11.5 Å². The van der Waals surface area contributed by atoms with E-state index >= 15 is 0 Å². The Morgan fingerprint density at radius 3 is 2.85 bits per heavy atom. The molecule has 2 nitrogen and oxygen atoms in total. The molecule has 2 rings (SSSR count). The molecule has 1 aliphatic heterocycles. The Kier molecular flexibility index (Phi) is 2.56. The number of benzene rings is 1. The Bertz CT molecular complexity index is 328. The minimum Gasteiger partial charge on any atom is -0.486 e. The summed E-state index contributed by atoms with van der Waals surface area (Å²) >= 11 is 7.58. The van der Waals surface area contributed by atoms with E-state index in [-0.39, 0.29) is 0 Å². The van der Waals surface area contributed by atoms with Crippen molar-refractivity contribution in [2.75, 3.05) is 19.5 Å². The van der Waals surface area contributed by atoms with Crippen LogP contribution in [0, 0.1) is 0 Å². The van der Waals surface area contributed by atoms with Gasteiger partial charge in [0.15, 0.2) is 11.5 Å². The smallest absolute Gasteiger partial charge is 0.176 e. The predicted octanol–water partition coefficient (Wildman–Crippen LogP) is 2.83. The van der Waals surface area contributed by atoms with Gasteiger partial charge in [-0.1, -0.05) is 11.6 Å². The van der Waals surface area contributed by atoms with E-state index in [0.717, 1.165) is 21.4 Å². The molecule has 1 aliphatic rings. The van der Waals surface area contributed by atoms with Crippen LogP contribution in [0.3, 0.4) is 0 Å². The number of fused-ring (bicyclic) bond motifs is 1. The number of thioether (sulfide) groups is 1. The van der Waals surface area contributed by atoms with Gasteiger partial charge in [-0.25, -0.2) is 0 Å². The molecule has 0 radical (unpaired) electrons. The third-order valence-corrected chi connectivity index (χ3v) is 3.06. The van der Waals surface area contributed by atoms with Gasteiger partial charge in [-0.05, 0) is 18.4 Å². The summed E-state index contributed by atoms with van der Waals surface area (Å²) in [5.74, 6) is 1.58. The highest BCUT2D eigenvalue weighted by atomic mass is 35.5. The van der Waals surface area contributed by atoms with Crippen molar-refractivity contribution in [3.05, 3.63) is 17.2 Å². The predicted molar refractivity (Wildman–Crippen MR) is 54.2 cm³/mol. The minimum absolute atomic E-state index is 0.598. The third kappa shape index (κ3) is 1.58. The fraction of sp³-hybridized carbons (Fsp3) is 0.333. The van der Waals surface area contributed by atoms with Crippen LogP contribution in [0.25, 0.3) is 0 Å². The Hall–Kier alpha value is -0.540. The summed E-state index contributed by atoms with van der Waals surface area (Å²) in [6.45, 7) is 1.21. The summed E-state index contributed by atoms with van der Waals surface area (Å²) in [7, 11) is 0. The second-order valence-corrected chi connectivity index (χ2v) is 3.83. The molecule has 0 atom stereocenters. The zero-order valence-electron chi connectivity index (χ0n) is 7.17. The molecular weight excluding hydrogens is 208 g/mol. The lowest BCUT2D eigenvalue weighted by Gasteiger charge is -2.20. The van der Waals surface area contributed by atoms with Crippen molar-refractivity contribution in [3.8, 4) is 11.5 Å². The van der Waals surface area contributed by atoms with Gasteiger partial charge < -0.3 is 9.47 Å². The maximum absolute atomic E-state index is 6.00. The fourth-order valence-electron chi connectivity index (χ4n) is 1.26. The highest BCUT2D eigenvalue weighted by Gasteiger charge is 2.17. The first-order valence-corrected chi connectivity index (χ1v) is 5.55. The number of hydrogen-bond acceptors (Lipinski definition) is 3. The van der Waals surface area contributed by atoms with Crippen LogP contribution < -0.4 is 9.47 Å². The highest BCUT2D eigenvalue weighted by molar-refractivity contribution is 7.98. The van der Waals surface area contributed by atoms with E-state index in [2.05, 4.69) is 0 Å². The molecule has 0 saturated heterocycles. The summed E-state index contributed by atoms with van der Waals surface area (Å²) in [6, 6.07) is 3.68. The van der Waals surface area contributed by atoms with Gasteiger partial charge in [-0.2, -0.15) is 0 Å². The SMILES string of the molecule is CSc1c(Cl)ccc2c1OCCO2. The number of halogens is 1. The molecule has 0 aliphatic carbocycles. The summed E-state index contributed by atoms with van der Waals surface area (Å²) < 4.78 is 10.9. The van der Waals surface area contributed by atoms with Gasteiger partial charge in [-0.3, -0.25) is 0 Å². The second-order valence-electron chi connectivity index (χ2n) is 2.60. The van der Waals surface area contributed by atoms with Gasteiger partial charge in [0, 0.05) is 0 Å². The molecule has 0 amide bonds. The summed E-state index contributed by atoms with van der Waals surface area (Å²) in [5.41, 5.74) is 0. The Labute approximate surface area is 86.2 Å². The maximum Gasteiger partial charge on any atom is 0.176 e. The summed E-state index contributed by atoms with van der Waals surface area (Å²) in [5, 5.41) is 0.719. The standard InChI is InChI=1S/C9H9ClO2S/c1-13-9-6(10)2-3-7-8(9)12-5-4-11-7/h2-3H,4-5H2,1H3. The molecule has 0 bridgehead atoms. The van der Waals surface area contributed by atoms with E-state index in [4.69, 9.17) is 21.1 Å². The molecule has 1 aromatic carbocycles. The number of hydrogen-bond donors (Lipinski definition) is 0. The molecule has 0 N–H and O–H groups in total. The van der Waals surface area contributed by atoms with Crippen molar-refractivity contribution in [1.29, 1.82) is 0 Å². The molecule has 0 unspecified atom stereocenters. The number of rotatable bonds is 1. The molecule has 1 heterocycles. The summed E-state index contributed by atoms with van der Waals surface area (Å²) in [6.07, 6.45) is 1.97. The van der Waals surface area contributed by atoms with E-state index in [1.807, 2.05) is 18.4 Å². The van der Waals surface area contributed by atoms with Crippen LogP contribution in [0.4, 0.5) is 0 Å². The molecule has 0 aromatic heterocycles. The zero-order chi connectivity index (χ0) is 9.26. The Morgan fingerprint density at radius 1 is 1.31 bits per heavy atom. The van der Waals surface area contributed by atoms with E-state index in [9.17, 15) is 0 Å². The lowest BCUT2D eigenvalue weighted by molar-refractivity contribution is 0.167. The molecule has 0 saturated carbocycles. The van der Waals surface area contributed by atoms with Gasteiger partial charge in [0.2, 0.25) is 0 Å². The molecule has 0 fully saturated rings. The van der Waals surface area contributed by atoms with Gasteiger partial charge in [0.05, 0.1) is 9.92 Å². The van der Waals surface area contributed by atoms with Gasteiger partial charge >= 0.3 is 0 Å². The summed E-state index contributed by atoms with van der Waals surface area (Å²) in [4.78, 5) is 0.957. The first-order valence-electron chi connectivity index (χ1n) is 3.95. The Morgan fingerprint density at radius 2 is 2.08 bits per heavy atom. The molecule has 0 spiro atoms. The largest absolute Gasteiger partial charge is 0.486 e. The average Bonchev–Trinajstić information content (AvgIpc) is 2.18. The highest BCUT2D eigenvalue weighted by Crippen LogP contribution is 2.42. The van der Waals surface area contributed by atoms with E-state index < -0.39 is 0 Å². The molecule has 4 heteroatoms. The second kappa shape index (κ2) is 3.68. The zero-order valence-corrected chi connectivity index (χ0v) is 8.74. The third-order valence-electron chi connectivity index (χ3n) is 1.82. The quantitative estimate of drug-likeness (QED) is 0.673. The van der Waals surface area contributed by atoms with Crippen molar-refractivity contribution >= 4 is 23.4 Å².